The van der Waals surface area contributed by atoms with Gasteiger partial charge in [-0.05, 0) is 30.3 Å². The average molecular weight is 396 g/mol. The number of carbonyl (C=O) groups excluding carboxylic acids is 2. The van der Waals surface area contributed by atoms with E-state index in [-0.39, 0.29) is 18.2 Å². The van der Waals surface area contributed by atoms with E-state index in [1.807, 2.05) is 18.2 Å². The highest BCUT2D eigenvalue weighted by Gasteiger charge is 2.21. The summed E-state index contributed by atoms with van der Waals surface area (Å²) in [6.07, 6.45) is -0.323. The number of ether oxygens (including phenoxy) is 3. The molecule has 1 atom stereocenters. The van der Waals surface area contributed by atoms with Crippen molar-refractivity contribution in [3.05, 3.63) is 58.1 Å². The molecule has 0 saturated heterocycles. The van der Waals surface area contributed by atoms with Crippen molar-refractivity contribution in [2.75, 3.05) is 19.8 Å². The summed E-state index contributed by atoms with van der Waals surface area (Å²) in [6.45, 7) is 0.124. The Morgan fingerprint density at radius 2 is 1.81 bits per heavy atom. The molecule has 3 rings (SSSR count). The van der Waals surface area contributed by atoms with E-state index in [4.69, 9.17) is 37.4 Å². The fourth-order valence-electron chi connectivity index (χ4n) is 2.33. The number of amides is 1. The molecule has 1 aliphatic rings. The highest BCUT2D eigenvalue weighted by atomic mass is 35.5. The maximum Gasteiger partial charge on any atom is 0.338 e. The zero-order valence-electron chi connectivity index (χ0n) is 13.5. The molecule has 0 radical (unpaired) electrons. The molecular weight excluding hydrogens is 381 g/mol. The minimum absolute atomic E-state index is 0.177. The van der Waals surface area contributed by atoms with Crippen LogP contribution in [0.4, 0.5) is 0 Å². The summed E-state index contributed by atoms with van der Waals surface area (Å²) in [5, 5.41) is 3.26. The van der Waals surface area contributed by atoms with Crippen LogP contribution in [0.5, 0.6) is 11.5 Å². The van der Waals surface area contributed by atoms with Crippen LogP contribution >= 0.6 is 23.2 Å². The van der Waals surface area contributed by atoms with Gasteiger partial charge in [0.1, 0.15) is 12.7 Å². The topological polar surface area (TPSA) is 73.9 Å². The van der Waals surface area contributed by atoms with Crippen molar-refractivity contribution in [1.29, 1.82) is 0 Å². The Morgan fingerprint density at radius 1 is 1.12 bits per heavy atom. The minimum Gasteiger partial charge on any atom is -0.486 e. The highest BCUT2D eigenvalue weighted by Crippen LogP contribution is 2.30. The molecular formula is C18H15Cl2NO5. The fourth-order valence-corrected chi connectivity index (χ4v) is 2.85. The van der Waals surface area contributed by atoms with Crippen molar-refractivity contribution >= 4 is 35.1 Å². The lowest BCUT2D eigenvalue weighted by Gasteiger charge is -2.26. The number of esters is 1. The lowest BCUT2D eigenvalue weighted by molar-refractivity contribution is -0.124. The van der Waals surface area contributed by atoms with Crippen LogP contribution in [-0.2, 0) is 9.53 Å². The molecule has 0 fully saturated rings. The average Bonchev–Trinajstić information content (AvgIpc) is 2.63. The molecule has 2 aromatic rings. The number of fused-ring (bicyclic) bond motifs is 1. The number of halogens is 2. The smallest absolute Gasteiger partial charge is 0.338 e. The van der Waals surface area contributed by atoms with E-state index < -0.39 is 18.5 Å². The summed E-state index contributed by atoms with van der Waals surface area (Å²) in [5.74, 6) is 0.163. The first-order chi connectivity index (χ1) is 12.5. The van der Waals surface area contributed by atoms with Crippen LogP contribution in [0.1, 0.15) is 10.4 Å². The van der Waals surface area contributed by atoms with Crippen molar-refractivity contribution in [2.45, 2.75) is 6.10 Å². The van der Waals surface area contributed by atoms with Crippen LogP contribution < -0.4 is 14.8 Å². The number of carbonyl (C=O) groups is 2. The number of para-hydroxylation sites is 2. The molecule has 8 heteroatoms. The summed E-state index contributed by atoms with van der Waals surface area (Å²) in [5.41, 5.74) is 0.177. The number of nitrogens with one attached hydrogen (secondary N) is 1. The third-order valence-electron chi connectivity index (χ3n) is 3.53. The predicted molar refractivity (Wildman–Crippen MR) is 96.1 cm³/mol. The van der Waals surface area contributed by atoms with Gasteiger partial charge in [-0.3, -0.25) is 4.79 Å². The third kappa shape index (κ3) is 4.80. The molecule has 2 aromatic carbocycles. The van der Waals surface area contributed by atoms with Crippen molar-refractivity contribution < 1.29 is 23.8 Å². The minimum atomic E-state index is -0.685. The van der Waals surface area contributed by atoms with Crippen LogP contribution in [-0.4, -0.2) is 37.7 Å². The Morgan fingerprint density at radius 3 is 2.54 bits per heavy atom. The molecule has 1 aliphatic heterocycles. The SMILES string of the molecule is O=C(COC(=O)c1cc(Cl)cc(Cl)c1)NC[C@@H]1COc2ccccc2O1. The summed E-state index contributed by atoms with van der Waals surface area (Å²) in [7, 11) is 0. The Labute approximate surface area is 159 Å². The molecule has 0 spiro atoms. The Kier molecular flexibility index (Phi) is 5.85. The number of rotatable bonds is 5. The number of hydrogen-bond donors (Lipinski definition) is 1. The van der Waals surface area contributed by atoms with Gasteiger partial charge in [-0.2, -0.15) is 0 Å². The molecule has 0 aliphatic carbocycles. The van der Waals surface area contributed by atoms with E-state index >= 15 is 0 Å². The summed E-state index contributed by atoms with van der Waals surface area (Å²) >= 11 is 11.7. The molecule has 0 saturated carbocycles. The second-order valence-electron chi connectivity index (χ2n) is 5.54. The van der Waals surface area contributed by atoms with Gasteiger partial charge in [0.25, 0.3) is 5.91 Å². The zero-order chi connectivity index (χ0) is 18.5. The van der Waals surface area contributed by atoms with E-state index in [1.54, 1.807) is 6.07 Å². The van der Waals surface area contributed by atoms with Gasteiger partial charge < -0.3 is 19.5 Å². The summed E-state index contributed by atoms with van der Waals surface area (Å²) in [4.78, 5) is 23.8. The van der Waals surface area contributed by atoms with Crippen LogP contribution in [0.2, 0.25) is 10.0 Å². The van der Waals surface area contributed by atoms with Crippen LogP contribution in [0.25, 0.3) is 0 Å². The molecule has 6 nitrogen and oxygen atoms in total. The second kappa shape index (κ2) is 8.29. The highest BCUT2D eigenvalue weighted by molar-refractivity contribution is 6.35. The lowest BCUT2D eigenvalue weighted by atomic mass is 10.2. The van der Waals surface area contributed by atoms with Gasteiger partial charge in [0.15, 0.2) is 18.1 Å². The predicted octanol–water partition coefficient (Wildman–Crippen LogP) is 3.11. The first-order valence-electron chi connectivity index (χ1n) is 7.79. The van der Waals surface area contributed by atoms with Crippen molar-refractivity contribution in [3.8, 4) is 11.5 Å². The van der Waals surface area contributed by atoms with Crippen LogP contribution in [0.15, 0.2) is 42.5 Å². The Balaban J connectivity index is 1.44. The van der Waals surface area contributed by atoms with Crippen molar-refractivity contribution in [3.63, 3.8) is 0 Å². The molecule has 1 N–H and O–H groups in total. The van der Waals surface area contributed by atoms with E-state index in [1.165, 1.54) is 18.2 Å². The second-order valence-corrected chi connectivity index (χ2v) is 6.41. The van der Waals surface area contributed by atoms with Crippen LogP contribution in [0.3, 0.4) is 0 Å². The van der Waals surface area contributed by atoms with Gasteiger partial charge in [0, 0.05) is 10.0 Å². The normalized spacial score (nSPS) is 15.2. The zero-order valence-corrected chi connectivity index (χ0v) is 15.0. The van der Waals surface area contributed by atoms with E-state index in [2.05, 4.69) is 5.32 Å². The first kappa shape index (κ1) is 18.4. The quantitative estimate of drug-likeness (QED) is 0.787. The monoisotopic (exact) mass is 395 g/mol. The van der Waals surface area contributed by atoms with E-state index in [0.29, 0.717) is 28.2 Å². The molecule has 1 amide bonds. The number of hydrogen-bond acceptors (Lipinski definition) is 5. The largest absolute Gasteiger partial charge is 0.486 e. The van der Waals surface area contributed by atoms with Crippen molar-refractivity contribution in [2.24, 2.45) is 0 Å². The van der Waals surface area contributed by atoms with E-state index in [9.17, 15) is 9.59 Å². The fraction of sp³-hybridized carbons (Fsp3) is 0.222. The van der Waals surface area contributed by atoms with Crippen LogP contribution in [0, 0.1) is 0 Å². The molecule has 0 unspecified atom stereocenters. The molecule has 0 bridgehead atoms. The molecule has 0 aromatic heterocycles. The van der Waals surface area contributed by atoms with Crippen molar-refractivity contribution in [1.82, 2.24) is 5.32 Å². The van der Waals surface area contributed by atoms with Gasteiger partial charge in [-0.15, -0.1) is 0 Å². The summed E-state index contributed by atoms with van der Waals surface area (Å²) in [6, 6.07) is 11.6. The maximum absolute atomic E-state index is 11.9. The van der Waals surface area contributed by atoms with Gasteiger partial charge in [-0.1, -0.05) is 35.3 Å². The molecule has 26 heavy (non-hydrogen) atoms. The van der Waals surface area contributed by atoms with Gasteiger partial charge in [0.05, 0.1) is 12.1 Å². The lowest BCUT2D eigenvalue weighted by Crippen LogP contribution is -2.42. The summed E-state index contributed by atoms with van der Waals surface area (Å²) < 4.78 is 16.2. The standard InChI is InChI=1S/C18H15Cl2NO5/c19-12-5-11(6-13(20)7-12)18(23)25-10-17(22)21-8-14-9-24-15-3-1-2-4-16(15)26-14/h1-7,14H,8-10H2,(H,21,22)/t14-/m1/s1. The number of benzene rings is 2. The third-order valence-corrected chi connectivity index (χ3v) is 3.96. The van der Waals surface area contributed by atoms with E-state index in [0.717, 1.165) is 0 Å². The molecule has 1 heterocycles. The van der Waals surface area contributed by atoms with Gasteiger partial charge in [0.2, 0.25) is 0 Å². The first-order valence-corrected chi connectivity index (χ1v) is 8.55. The van der Waals surface area contributed by atoms with Gasteiger partial charge >= 0.3 is 5.97 Å². The maximum atomic E-state index is 11.9. The Bertz CT molecular complexity index is 807. The molecule has 136 valence electrons. The Hall–Kier alpha value is -2.44. The van der Waals surface area contributed by atoms with Gasteiger partial charge in [-0.25, -0.2) is 4.79 Å².